The molecule has 1 saturated heterocycles. The van der Waals surface area contributed by atoms with Gasteiger partial charge in [-0.15, -0.1) is 0 Å². The average Bonchev–Trinajstić information content (AvgIpc) is 2.78. The molecule has 0 aliphatic carbocycles. The topological polar surface area (TPSA) is 124 Å². The molecule has 120 valence electrons. The molecule has 1 amide bonds. The molecule has 0 atom stereocenters. The molecular formula is C12H16N4O5S. The highest BCUT2D eigenvalue weighted by molar-refractivity contribution is 7.87. The van der Waals surface area contributed by atoms with E-state index in [0.29, 0.717) is 22.6 Å². The van der Waals surface area contributed by atoms with Crippen LogP contribution in [0, 0.1) is 0 Å². The Morgan fingerprint density at radius 3 is 2.59 bits per heavy atom. The minimum atomic E-state index is -4.15. The van der Waals surface area contributed by atoms with Gasteiger partial charge in [0, 0.05) is 38.3 Å². The molecule has 0 aromatic carbocycles. The molecule has 1 aromatic rings. The van der Waals surface area contributed by atoms with Crippen LogP contribution >= 0.6 is 0 Å². The van der Waals surface area contributed by atoms with Crippen molar-refractivity contribution in [2.75, 3.05) is 13.1 Å². The number of amides is 1. The fourth-order valence-corrected chi connectivity index (χ4v) is 2.92. The summed E-state index contributed by atoms with van der Waals surface area (Å²) in [6, 6.07) is 1.48. The van der Waals surface area contributed by atoms with Gasteiger partial charge in [-0.3, -0.25) is 4.79 Å². The van der Waals surface area contributed by atoms with Gasteiger partial charge in [0.1, 0.15) is 5.69 Å². The minimum absolute atomic E-state index is 0.0816. The number of hydrogen-bond donors (Lipinski definition) is 1. The normalized spacial score (nSPS) is 15.9. The smallest absolute Gasteiger partial charge is 0.342 e. The molecule has 0 radical (unpaired) electrons. The van der Waals surface area contributed by atoms with Crippen molar-refractivity contribution in [2.24, 2.45) is 10.3 Å². The highest BCUT2D eigenvalue weighted by Gasteiger charge is 2.36. The Hall–Kier alpha value is -2.20. The summed E-state index contributed by atoms with van der Waals surface area (Å²) < 4.78 is 23.8. The van der Waals surface area contributed by atoms with Crippen molar-refractivity contribution in [2.45, 2.75) is 19.8 Å². The maximum atomic E-state index is 12.1. The van der Waals surface area contributed by atoms with Gasteiger partial charge in [-0.2, -0.15) is 8.42 Å². The summed E-state index contributed by atoms with van der Waals surface area (Å²) in [6.45, 7) is 3.79. The molecule has 10 heteroatoms. The zero-order valence-corrected chi connectivity index (χ0v) is 12.9. The fourth-order valence-electron chi connectivity index (χ4n) is 2.25. The molecule has 0 saturated carbocycles. The van der Waals surface area contributed by atoms with Gasteiger partial charge in [0.15, 0.2) is 0 Å². The molecule has 9 nitrogen and oxygen atoms in total. The van der Waals surface area contributed by atoms with E-state index in [4.69, 9.17) is 5.14 Å². The molecule has 2 rings (SSSR count). The number of nitrogens with zero attached hydrogens (tertiary/aromatic N) is 3. The Morgan fingerprint density at radius 1 is 1.45 bits per heavy atom. The van der Waals surface area contributed by atoms with E-state index in [0.717, 1.165) is 0 Å². The molecular weight excluding hydrogens is 312 g/mol. The number of hydrogen-bond acceptors (Lipinski definition) is 6. The lowest BCUT2D eigenvalue weighted by atomic mass is 9.91. The van der Waals surface area contributed by atoms with Gasteiger partial charge < -0.3 is 9.74 Å². The molecule has 2 N–H and O–H groups in total. The molecule has 1 aliphatic rings. The Balaban J connectivity index is 2.37. The summed E-state index contributed by atoms with van der Waals surface area (Å²) in [7, 11) is -4.15. The Bertz CT molecular complexity index is 731. The number of carbonyl (C=O) groups excluding carboxylic acids is 2. The van der Waals surface area contributed by atoms with Crippen molar-refractivity contribution >= 4 is 28.3 Å². The van der Waals surface area contributed by atoms with Crippen molar-refractivity contribution in [3.63, 3.8) is 0 Å². The van der Waals surface area contributed by atoms with Crippen LogP contribution in [0.15, 0.2) is 17.4 Å². The summed E-state index contributed by atoms with van der Waals surface area (Å²) >= 11 is 0. The lowest BCUT2D eigenvalue weighted by Crippen LogP contribution is -2.47. The summed E-state index contributed by atoms with van der Waals surface area (Å²) in [5.41, 5.74) is 0.268. The predicted molar refractivity (Wildman–Crippen MR) is 77.5 cm³/mol. The molecule has 0 unspecified atom stereocenters. The van der Waals surface area contributed by atoms with Crippen molar-refractivity contribution in [3.05, 3.63) is 23.5 Å². The van der Waals surface area contributed by atoms with Gasteiger partial charge >= 0.3 is 16.2 Å². The number of oxime groups is 1. The number of aromatic nitrogens is 1. The summed E-state index contributed by atoms with van der Waals surface area (Å²) in [6.07, 6.45) is 2.44. The molecule has 2 heterocycles. The summed E-state index contributed by atoms with van der Waals surface area (Å²) in [4.78, 5) is 29.5. The zero-order valence-electron chi connectivity index (χ0n) is 12.1. The third-order valence-electron chi connectivity index (χ3n) is 3.36. The first-order valence-electron chi connectivity index (χ1n) is 6.45. The van der Waals surface area contributed by atoms with Crippen LogP contribution in [-0.4, -0.2) is 48.5 Å². The van der Waals surface area contributed by atoms with E-state index in [1.54, 1.807) is 11.8 Å². The molecule has 1 aromatic heterocycles. The first-order chi connectivity index (χ1) is 10.3. The van der Waals surface area contributed by atoms with E-state index in [9.17, 15) is 18.0 Å². The number of carbonyl (C=O) groups is 2. The SMILES string of the molecule is C/C=N/OC(=O)c1c(C2CN(C(C)=O)C2)ccn1S(N)(=O)=O. The van der Waals surface area contributed by atoms with Crippen molar-refractivity contribution in [1.29, 1.82) is 0 Å². The maximum absolute atomic E-state index is 12.1. The van der Waals surface area contributed by atoms with E-state index in [1.165, 1.54) is 25.4 Å². The lowest BCUT2D eigenvalue weighted by molar-refractivity contribution is -0.133. The van der Waals surface area contributed by atoms with Crippen molar-refractivity contribution in [3.8, 4) is 0 Å². The largest absolute Gasteiger partial charge is 0.383 e. The third kappa shape index (κ3) is 3.02. The van der Waals surface area contributed by atoms with Crippen LogP contribution in [0.5, 0.6) is 0 Å². The fraction of sp³-hybridized carbons (Fsp3) is 0.417. The number of rotatable bonds is 4. The second-order valence-corrected chi connectivity index (χ2v) is 6.25. The van der Waals surface area contributed by atoms with Crippen LogP contribution < -0.4 is 5.14 Å². The molecule has 22 heavy (non-hydrogen) atoms. The van der Waals surface area contributed by atoms with Crippen molar-refractivity contribution in [1.82, 2.24) is 8.87 Å². The average molecular weight is 328 g/mol. The highest BCUT2D eigenvalue weighted by atomic mass is 32.2. The maximum Gasteiger partial charge on any atom is 0.383 e. The summed E-state index contributed by atoms with van der Waals surface area (Å²) in [5, 5.41) is 8.45. The minimum Gasteiger partial charge on any atom is -0.342 e. The lowest BCUT2D eigenvalue weighted by Gasteiger charge is -2.38. The second kappa shape index (κ2) is 5.89. The van der Waals surface area contributed by atoms with E-state index in [1.807, 2.05) is 0 Å². The quantitative estimate of drug-likeness (QED) is 0.459. The Kier molecular flexibility index (Phi) is 4.33. The molecule has 1 fully saturated rings. The van der Waals surface area contributed by atoms with Crippen LogP contribution in [0.1, 0.15) is 35.8 Å². The van der Waals surface area contributed by atoms with Gasteiger partial charge in [0.2, 0.25) is 5.91 Å². The van der Waals surface area contributed by atoms with Crippen LogP contribution in [-0.2, 0) is 19.8 Å². The highest BCUT2D eigenvalue weighted by Crippen LogP contribution is 2.31. The van der Waals surface area contributed by atoms with Crippen LogP contribution in [0.25, 0.3) is 0 Å². The van der Waals surface area contributed by atoms with Gasteiger partial charge in [-0.1, -0.05) is 5.16 Å². The van der Waals surface area contributed by atoms with Gasteiger partial charge in [0.05, 0.1) is 0 Å². The van der Waals surface area contributed by atoms with E-state index < -0.39 is 16.2 Å². The van der Waals surface area contributed by atoms with E-state index >= 15 is 0 Å². The third-order valence-corrected chi connectivity index (χ3v) is 4.21. The first kappa shape index (κ1) is 16.2. The molecule has 0 spiro atoms. The van der Waals surface area contributed by atoms with Crippen molar-refractivity contribution < 1.29 is 22.8 Å². The first-order valence-corrected chi connectivity index (χ1v) is 7.95. The number of nitrogens with two attached hydrogens (primary N) is 1. The second-order valence-electron chi connectivity index (χ2n) is 4.82. The van der Waals surface area contributed by atoms with Gasteiger partial charge in [0.25, 0.3) is 0 Å². The van der Waals surface area contributed by atoms with Gasteiger partial charge in [-0.05, 0) is 18.6 Å². The predicted octanol–water partition coefficient (Wildman–Crippen LogP) is -0.352. The zero-order chi connectivity index (χ0) is 16.5. The van der Waals surface area contributed by atoms with E-state index in [-0.39, 0.29) is 17.5 Å². The van der Waals surface area contributed by atoms with Crippen LogP contribution in [0.2, 0.25) is 0 Å². The molecule has 0 bridgehead atoms. The number of likely N-dealkylation sites (tertiary alicyclic amines) is 1. The Morgan fingerprint density at radius 2 is 2.09 bits per heavy atom. The van der Waals surface area contributed by atoms with E-state index in [2.05, 4.69) is 9.99 Å². The van der Waals surface area contributed by atoms with Gasteiger partial charge in [-0.25, -0.2) is 13.9 Å². The van der Waals surface area contributed by atoms with Crippen LogP contribution in [0.3, 0.4) is 0 Å². The summed E-state index contributed by atoms with van der Waals surface area (Å²) in [5.74, 6) is -1.16. The Labute approximate surface area is 127 Å². The monoisotopic (exact) mass is 328 g/mol. The molecule has 1 aliphatic heterocycles. The van der Waals surface area contributed by atoms with Crippen LogP contribution in [0.4, 0.5) is 0 Å². The standard InChI is InChI=1S/C12H16N4O5S/c1-3-14-21-12(18)11-10(4-5-16(11)22(13,19)20)9-6-15(7-9)8(2)17/h3-5,9H,6-7H2,1-2H3,(H2,13,19,20)/b14-3+.